The molecule has 0 aliphatic carbocycles. The molecule has 0 aliphatic heterocycles. The number of aromatic nitrogens is 3. The van der Waals surface area contributed by atoms with Crippen LogP contribution in [0.15, 0.2) is 29.9 Å². The Morgan fingerprint density at radius 3 is 2.75 bits per heavy atom. The van der Waals surface area contributed by atoms with Gasteiger partial charge in [-0.3, -0.25) is 0 Å². The van der Waals surface area contributed by atoms with Crippen LogP contribution in [0.5, 0.6) is 5.75 Å². The zero-order valence-electron chi connectivity index (χ0n) is 11.6. The van der Waals surface area contributed by atoms with Crippen molar-refractivity contribution in [2.75, 3.05) is 7.11 Å². The molecular formula is C15H15N3OS. The maximum absolute atomic E-state index is 5.44. The van der Waals surface area contributed by atoms with Gasteiger partial charge in [-0.25, -0.2) is 15.0 Å². The van der Waals surface area contributed by atoms with E-state index in [0.717, 1.165) is 33.0 Å². The minimum atomic E-state index is 0.412. The first kappa shape index (κ1) is 13.0. The van der Waals surface area contributed by atoms with E-state index in [1.165, 1.54) is 0 Å². The van der Waals surface area contributed by atoms with Crippen LogP contribution in [-0.4, -0.2) is 22.1 Å². The van der Waals surface area contributed by atoms with Crippen LogP contribution >= 0.6 is 11.3 Å². The van der Waals surface area contributed by atoms with Crippen molar-refractivity contribution >= 4 is 22.2 Å². The molecule has 0 fully saturated rings. The molecule has 0 aliphatic rings. The monoisotopic (exact) mass is 285 g/mol. The highest BCUT2D eigenvalue weighted by Gasteiger charge is 2.15. The molecule has 2 heterocycles. The molecule has 0 N–H and O–H groups in total. The first-order valence-corrected chi connectivity index (χ1v) is 7.32. The standard InChI is InChI=1S/C15H15N3OS/c1-9(2)11-7-20-15(18-11)14-13-10(16-8-17-14)5-4-6-12(13)19-3/h4-9H,1-3H3. The predicted octanol–water partition coefficient (Wildman–Crippen LogP) is 3.89. The summed E-state index contributed by atoms with van der Waals surface area (Å²) < 4.78 is 5.44. The second-order valence-corrected chi connectivity index (χ2v) is 5.67. The minimum absolute atomic E-state index is 0.412. The van der Waals surface area contributed by atoms with Gasteiger partial charge in [-0.15, -0.1) is 11.3 Å². The summed E-state index contributed by atoms with van der Waals surface area (Å²) in [4.78, 5) is 13.4. The molecule has 0 radical (unpaired) electrons. The molecule has 0 atom stereocenters. The topological polar surface area (TPSA) is 47.9 Å². The van der Waals surface area contributed by atoms with E-state index in [0.29, 0.717) is 5.92 Å². The summed E-state index contributed by atoms with van der Waals surface area (Å²) in [7, 11) is 1.66. The summed E-state index contributed by atoms with van der Waals surface area (Å²) >= 11 is 1.61. The Kier molecular flexibility index (Phi) is 3.36. The Bertz CT molecular complexity index is 746. The fourth-order valence-electron chi connectivity index (χ4n) is 2.07. The van der Waals surface area contributed by atoms with Crippen LogP contribution in [0.25, 0.3) is 21.6 Å². The van der Waals surface area contributed by atoms with Crippen LogP contribution in [0.3, 0.4) is 0 Å². The highest BCUT2D eigenvalue weighted by Crippen LogP contribution is 2.34. The van der Waals surface area contributed by atoms with Crippen LogP contribution < -0.4 is 4.74 Å². The van der Waals surface area contributed by atoms with Crippen molar-refractivity contribution in [3.63, 3.8) is 0 Å². The lowest BCUT2D eigenvalue weighted by atomic mass is 10.1. The molecule has 5 heteroatoms. The molecule has 0 bridgehead atoms. The third kappa shape index (κ3) is 2.14. The molecule has 2 aromatic heterocycles. The Morgan fingerprint density at radius 2 is 2.05 bits per heavy atom. The molecule has 0 unspecified atom stereocenters. The van der Waals surface area contributed by atoms with Crippen molar-refractivity contribution in [3.05, 3.63) is 35.6 Å². The Labute approximate surface area is 121 Å². The summed E-state index contributed by atoms with van der Waals surface area (Å²) in [5.74, 6) is 1.19. The number of hydrogen-bond donors (Lipinski definition) is 0. The molecule has 0 saturated heterocycles. The SMILES string of the molecule is COc1cccc2ncnc(-c3nc(C(C)C)cs3)c12. The van der Waals surface area contributed by atoms with E-state index < -0.39 is 0 Å². The smallest absolute Gasteiger partial charge is 0.143 e. The summed E-state index contributed by atoms with van der Waals surface area (Å²) in [5, 5.41) is 3.91. The second kappa shape index (κ2) is 5.17. The number of benzene rings is 1. The molecule has 0 spiro atoms. The number of rotatable bonds is 3. The lowest BCUT2D eigenvalue weighted by Gasteiger charge is -2.07. The summed E-state index contributed by atoms with van der Waals surface area (Å²) in [6.45, 7) is 4.27. The second-order valence-electron chi connectivity index (χ2n) is 4.81. The lowest BCUT2D eigenvalue weighted by Crippen LogP contribution is -1.93. The van der Waals surface area contributed by atoms with Gasteiger partial charge >= 0.3 is 0 Å². The molecule has 1 aromatic carbocycles. The van der Waals surface area contributed by atoms with Crippen LogP contribution in [0, 0.1) is 0 Å². The first-order chi connectivity index (χ1) is 9.70. The highest BCUT2D eigenvalue weighted by atomic mass is 32.1. The number of fused-ring (bicyclic) bond motifs is 1. The molecule has 0 saturated carbocycles. The van der Waals surface area contributed by atoms with Gasteiger partial charge in [0, 0.05) is 5.38 Å². The van der Waals surface area contributed by atoms with Gasteiger partial charge in [0.15, 0.2) is 0 Å². The number of ether oxygens (including phenoxy) is 1. The van der Waals surface area contributed by atoms with Gasteiger partial charge in [0.2, 0.25) is 0 Å². The molecular weight excluding hydrogens is 270 g/mol. The van der Waals surface area contributed by atoms with E-state index in [4.69, 9.17) is 4.74 Å². The van der Waals surface area contributed by atoms with E-state index >= 15 is 0 Å². The van der Waals surface area contributed by atoms with Crippen molar-refractivity contribution in [1.29, 1.82) is 0 Å². The van der Waals surface area contributed by atoms with Crippen LogP contribution in [-0.2, 0) is 0 Å². The van der Waals surface area contributed by atoms with Crippen molar-refractivity contribution < 1.29 is 4.74 Å². The zero-order valence-corrected chi connectivity index (χ0v) is 12.4. The summed E-state index contributed by atoms with van der Waals surface area (Å²) in [6, 6.07) is 5.81. The van der Waals surface area contributed by atoms with E-state index in [-0.39, 0.29) is 0 Å². The summed E-state index contributed by atoms with van der Waals surface area (Å²) in [5.41, 5.74) is 2.80. The quantitative estimate of drug-likeness (QED) is 0.732. The van der Waals surface area contributed by atoms with Gasteiger partial charge in [0.1, 0.15) is 22.8 Å². The maximum Gasteiger partial charge on any atom is 0.143 e. The van der Waals surface area contributed by atoms with Crippen LogP contribution in [0.2, 0.25) is 0 Å². The predicted molar refractivity (Wildman–Crippen MR) is 81.3 cm³/mol. The zero-order chi connectivity index (χ0) is 14.1. The fraction of sp³-hybridized carbons (Fsp3) is 0.267. The van der Waals surface area contributed by atoms with E-state index in [1.807, 2.05) is 18.2 Å². The number of methoxy groups -OCH3 is 1. The van der Waals surface area contributed by atoms with Gasteiger partial charge < -0.3 is 4.74 Å². The average molecular weight is 285 g/mol. The van der Waals surface area contributed by atoms with Crippen LogP contribution in [0.4, 0.5) is 0 Å². The molecule has 0 amide bonds. The van der Waals surface area contributed by atoms with Gasteiger partial charge in [-0.2, -0.15) is 0 Å². The van der Waals surface area contributed by atoms with Crippen molar-refractivity contribution in [3.8, 4) is 16.5 Å². The molecule has 4 nitrogen and oxygen atoms in total. The van der Waals surface area contributed by atoms with Crippen LogP contribution in [0.1, 0.15) is 25.5 Å². The third-order valence-corrected chi connectivity index (χ3v) is 4.03. The number of thiazole rings is 1. The van der Waals surface area contributed by atoms with Gasteiger partial charge in [-0.05, 0) is 18.1 Å². The Balaban J connectivity index is 2.24. The lowest BCUT2D eigenvalue weighted by molar-refractivity contribution is 0.420. The largest absolute Gasteiger partial charge is 0.496 e. The van der Waals surface area contributed by atoms with Crippen molar-refractivity contribution in [2.24, 2.45) is 0 Å². The van der Waals surface area contributed by atoms with Crippen molar-refractivity contribution in [2.45, 2.75) is 19.8 Å². The minimum Gasteiger partial charge on any atom is -0.496 e. The normalized spacial score (nSPS) is 11.2. The van der Waals surface area contributed by atoms with Gasteiger partial charge in [0.05, 0.1) is 23.7 Å². The first-order valence-electron chi connectivity index (χ1n) is 6.44. The molecule has 3 rings (SSSR count). The van der Waals surface area contributed by atoms with E-state index in [1.54, 1.807) is 24.8 Å². The average Bonchev–Trinajstić information content (AvgIpc) is 2.96. The number of hydrogen-bond acceptors (Lipinski definition) is 5. The molecule has 102 valence electrons. The van der Waals surface area contributed by atoms with Crippen molar-refractivity contribution in [1.82, 2.24) is 15.0 Å². The third-order valence-electron chi connectivity index (χ3n) is 3.16. The number of nitrogens with zero attached hydrogens (tertiary/aromatic N) is 3. The Hall–Kier alpha value is -2.01. The molecule has 3 aromatic rings. The Morgan fingerprint density at radius 1 is 1.20 bits per heavy atom. The van der Waals surface area contributed by atoms with E-state index in [2.05, 4.69) is 34.2 Å². The maximum atomic E-state index is 5.44. The van der Waals surface area contributed by atoms with Gasteiger partial charge in [-0.1, -0.05) is 19.9 Å². The van der Waals surface area contributed by atoms with E-state index in [9.17, 15) is 0 Å². The molecule has 20 heavy (non-hydrogen) atoms. The summed E-state index contributed by atoms with van der Waals surface area (Å²) in [6.07, 6.45) is 1.58. The van der Waals surface area contributed by atoms with Gasteiger partial charge in [0.25, 0.3) is 0 Å². The highest BCUT2D eigenvalue weighted by molar-refractivity contribution is 7.13. The fourth-order valence-corrected chi connectivity index (χ4v) is 3.05.